The van der Waals surface area contributed by atoms with Crippen LogP contribution in [0, 0.1) is 17.1 Å². The molecule has 1 saturated heterocycles. The molecule has 1 fully saturated rings. The van der Waals surface area contributed by atoms with Gasteiger partial charge in [0.1, 0.15) is 18.1 Å². The zero-order valence-electron chi connectivity index (χ0n) is 14.5. The summed E-state index contributed by atoms with van der Waals surface area (Å²) in [6.07, 6.45) is 3.17. The van der Waals surface area contributed by atoms with Crippen molar-refractivity contribution in [1.82, 2.24) is 14.6 Å². The lowest BCUT2D eigenvalue weighted by atomic mass is 10.0. The molecule has 0 unspecified atom stereocenters. The summed E-state index contributed by atoms with van der Waals surface area (Å²) in [5, 5.41) is 15.9. The molecule has 1 aliphatic rings. The summed E-state index contributed by atoms with van der Waals surface area (Å²) in [6.45, 7) is 0.810. The Bertz CT molecular complexity index is 1040. The van der Waals surface area contributed by atoms with Gasteiger partial charge in [-0.15, -0.1) is 5.10 Å². The fraction of sp³-hybridized carbons (Fsp3) is 0.263. The molecule has 1 aliphatic heterocycles. The second-order valence-electron chi connectivity index (χ2n) is 6.39. The Balaban J connectivity index is 1.67. The number of nitrogens with one attached hydrogen (secondary N) is 1. The molecule has 0 bridgehead atoms. The minimum absolute atomic E-state index is 0.0470. The normalized spacial score (nSPS) is 16.4. The average Bonchev–Trinajstić information content (AvgIpc) is 3.29. The van der Waals surface area contributed by atoms with Gasteiger partial charge in [-0.05, 0) is 42.7 Å². The van der Waals surface area contributed by atoms with E-state index in [1.807, 2.05) is 24.3 Å². The molecule has 2 aromatic heterocycles. The van der Waals surface area contributed by atoms with E-state index in [1.165, 1.54) is 12.3 Å². The number of benzene rings is 1. The van der Waals surface area contributed by atoms with E-state index in [2.05, 4.69) is 20.3 Å². The highest BCUT2D eigenvalue weighted by Gasteiger charge is 2.28. The van der Waals surface area contributed by atoms with E-state index in [0.29, 0.717) is 11.5 Å². The summed E-state index contributed by atoms with van der Waals surface area (Å²) in [5.74, 6) is 0.474. The Morgan fingerprint density at radius 1 is 1.37 bits per heavy atom. The van der Waals surface area contributed by atoms with Crippen LogP contribution in [0.2, 0.25) is 0 Å². The van der Waals surface area contributed by atoms with Crippen LogP contribution in [0.25, 0.3) is 5.65 Å². The van der Waals surface area contributed by atoms with Crippen LogP contribution in [0.3, 0.4) is 0 Å². The van der Waals surface area contributed by atoms with Gasteiger partial charge in [0.25, 0.3) is 0 Å². The van der Waals surface area contributed by atoms with Crippen molar-refractivity contribution >= 4 is 23.2 Å². The smallest absolute Gasteiger partial charge is 0.239 e. The second kappa shape index (κ2) is 7.03. The van der Waals surface area contributed by atoms with Crippen molar-refractivity contribution in [2.75, 3.05) is 16.8 Å². The predicted octanol–water partition coefficient (Wildman–Crippen LogP) is 3.06. The molecule has 1 atom stereocenters. The fourth-order valence-electron chi connectivity index (χ4n) is 3.46. The molecule has 0 aliphatic carbocycles. The van der Waals surface area contributed by atoms with E-state index >= 15 is 0 Å². The Kier molecular flexibility index (Phi) is 4.42. The van der Waals surface area contributed by atoms with Gasteiger partial charge < -0.3 is 10.2 Å². The summed E-state index contributed by atoms with van der Waals surface area (Å²) in [5.41, 5.74) is 1.51. The second-order valence-corrected chi connectivity index (χ2v) is 6.39. The summed E-state index contributed by atoms with van der Waals surface area (Å²) in [4.78, 5) is 18.1. The average molecular weight is 364 g/mol. The van der Waals surface area contributed by atoms with Gasteiger partial charge in [0.15, 0.2) is 11.5 Å². The van der Waals surface area contributed by atoms with Crippen molar-refractivity contribution in [2.24, 2.45) is 0 Å². The van der Waals surface area contributed by atoms with Crippen molar-refractivity contribution in [3.63, 3.8) is 0 Å². The minimum atomic E-state index is -0.412. The van der Waals surface area contributed by atoms with Crippen LogP contribution in [-0.2, 0) is 4.79 Å². The van der Waals surface area contributed by atoms with E-state index in [4.69, 9.17) is 5.26 Å². The van der Waals surface area contributed by atoms with Gasteiger partial charge in [0.2, 0.25) is 5.91 Å². The largest absolute Gasteiger partial charge is 0.348 e. The van der Waals surface area contributed by atoms with Gasteiger partial charge in [0.05, 0.1) is 18.3 Å². The molecule has 0 radical (unpaired) electrons. The van der Waals surface area contributed by atoms with Gasteiger partial charge in [-0.1, -0.05) is 12.1 Å². The molecule has 1 amide bonds. The lowest BCUT2D eigenvalue weighted by Gasteiger charge is -2.26. The number of imidazole rings is 1. The molecule has 7 nitrogen and oxygen atoms in total. The minimum Gasteiger partial charge on any atom is -0.348 e. The Morgan fingerprint density at radius 3 is 3.07 bits per heavy atom. The zero-order valence-corrected chi connectivity index (χ0v) is 14.5. The van der Waals surface area contributed by atoms with Crippen LogP contribution < -0.4 is 10.2 Å². The number of halogens is 1. The van der Waals surface area contributed by atoms with Crippen LogP contribution >= 0.6 is 0 Å². The third-order valence-corrected chi connectivity index (χ3v) is 4.64. The van der Waals surface area contributed by atoms with Crippen LogP contribution in [0.15, 0.2) is 42.6 Å². The maximum Gasteiger partial charge on any atom is 0.239 e. The van der Waals surface area contributed by atoms with Gasteiger partial charge >= 0.3 is 0 Å². The number of carbonyl (C=O) groups excluding carboxylic acids is 1. The number of hydrogen-bond acceptors (Lipinski definition) is 5. The number of anilines is 2. The topological polar surface area (TPSA) is 86.3 Å². The van der Waals surface area contributed by atoms with E-state index in [0.717, 1.165) is 30.8 Å². The Labute approximate surface area is 155 Å². The third kappa shape index (κ3) is 3.31. The highest BCUT2D eigenvalue weighted by molar-refractivity contribution is 5.91. The molecule has 1 aromatic carbocycles. The van der Waals surface area contributed by atoms with E-state index < -0.39 is 5.91 Å². The third-order valence-electron chi connectivity index (χ3n) is 4.64. The van der Waals surface area contributed by atoms with Gasteiger partial charge in [-0.2, -0.15) is 9.78 Å². The van der Waals surface area contributed by atoms with E-state index in [1.54, 1.807) is 16.6 Å². The molecular weight excluding hydrogens is 347 g/mol. The first-order valence-electron chi connectivity index (χ1n) is 8.69. The van der Waals surface area contributed by atoms with Crippen LogP contribution in [0.1, 0.15) is 30.9 Å². The molecule has 3 heterocycles. The lowest BCUT2D eigenvalue weighted by molar-refractivity contribution is -0.115. The number of aromatic nitrogens is 3. The monoisotopic (exact) mass is 364 g/mol. The number of nitrogens with zero attached hydrogens (tertiary/aromatic N) is 5. The van der Waals surface area contributed by atoms with Gasteiger partial charge in [-0.3, -0.25) is 4.79 Å². The van der Waals surface area contributed by atoms with Crippen molar-refractivity contribution in [1.29, 1.82) is 5.26 Å². The summed E-state index contributed by atoms with van der Waals surface area (Å²) in [6, 6.07) is 12.2. The molecule has 8 heteroatoms. The van der Waals surface area contributed by atoms with Gasteiger partial charge in [0, 0.05) is 6.54 Å². The molecule has 0 spiro atoms. The summed E-state index contributed by atoms with van der Waals surface area (Å²) >= 11 is 0. The first-order valence-corrected chi connectivity index (χ1v) is 8.69. The fourth-order valence-corrected chi connectivity index (χ4v) is 3.46. The Hall–Kier alpha value is -3.47. The maximum atomic E-state index is 13.6. The molecule has 1 N–H and O–H groups in total. The summed E-state index contributed by atoms with van der Waals surface area (Å²) < 4.78 is 15.2. The predicted molar refractivity (Wildman–Crippen MR) is 97.6 cm³/mol. The lowest BCUT2D eigenvalue weighted by Crippen LogP contribution is -2.24. The quantitative estimate of drug-likeness (QED) is 0.769. The molecule has 0 saturated carbocycles. The summed E-state index contributed by atoms with van der Waals surface area (Å²) in [7, 11) is 0. The van der Waals surface area contributed by atoms with Crippen molar-refractivity contribution in [3.05, 3.63) is 54.0 Å². The number of rotatable bonds is 4. The highest BCUT2D eigenvalue weighted by atomic mass is 19.1. The highest BCUT2D eigenvalue weighted by Crippen LogP contribution is 2.35. The number of carbonyl (C=O) groups is 1. The Morgan fingerprint density at radius 2 is 2.26 bits per heavy atom. The first kappa shape index (κ1) is 17.0. The molecule has 4 rings (SSSR count). The molecule has 27 heavy (non-hydrogen) atoms. The van der Waals surface area contributed by atoms with Crippen LogP contribution in [0.4, 0.5) is 16.0 Å². The van der Waals surface area contributed by atoms with Crippen LogP contribution in [-0.4, -0.2) is 27.0 Å². The van der Waals surface area contributed by atoms with Crippen molar-refractivity contribution in [2.45, 2.75) is 25.3 Å². The van der Waals surface area contributed by atoms with Gasteiger partial charge in [-0.25, -0.2) is 9.37 Å². The van der Waals surface area contributed by atoms with Crippen molar-refractivity contribution < 1.29 is 9.18 Å². The number of fused-ring (bicyclic) bond motifs is 1. The van der Waals surface area contributed by atoms with E-state index in [-0.39, 0.29) is 18.3 Å². The maximum absolute atomic E-state index is 13.6. The molecular formula is C19H17FN6O. The van der Waals surface area contributed by atoms with Crippen LogP contribution in [0.5, 0.6) is 0 Å². The molecule has 136 valence electrons. The first-order chi connectivity index (χ1) is 13.2. The SMILES string of the molecule is N#CCC(=O)Nc1cnc2ccc(N3CCC[C@@H]3c3cccc(F)c3)nn12. The zero-order chi connectivity index (χ0) is 18.8. The number of nitriles is 1. The molecule has 3 aromatic rings. The van der Waals surface area contributed by atoms with E-state index in [9.17, 15) is 9.18 Å². The standard InChI is InChI=1S/C19H17FN6O/c20-14-4-1-3-13(11-14)15-5-2-10-25(15)17-7-6-16-22-12-18(26(16)24-17)23-19(27)8-9-21/h1,3-4,6-7,11-12,15H,2,5,8,10H2,(H,23,27)/t15-/m1/s1. The van der Waals surface area contributed by atoms with Crippen molar-refractivity contribution in [3.8, 4) is 6.07 Å². The number of hydrogen-bond donors (Lipinski definition) is 1. The number of amides is 1.